The Morgan fingerprint density at radius 1 is 1.50 bits per heavy atom. The van der Waals surface area contributed by atoms with Crippen molar-refractivity contribution in [3.05, 3.63) is 17.3 Å². The zero-order valence-corrected chi connectivity index (χ0v) is 11.3. The zero-order chi connectivity index (χ0) is 13.3. The highest BCUT2D eigenvalue weighted by Crippen LogP contribution is 2.31. The van der Waals surface area contributed by atoms with Crippen LogP contribution in [-0.4, -0.2) is 36.8 Å². The van der Waals surface area contributed by atoms with Gasteiger partial charge in [-0.2, -0.15) is 0 Å². The molecule has 0 bridgehead atoms. The first-order valence-electron chi connectivity index (χ1n) is 5.58. The van der Waals surface area contributed by atoms with Gasteiger partial charge in [0.2, 0.25) is 0 Å². The molecule has 1 aromatic heterocycles. The summed E-state index contributed by atoms with van der Waals surface area (Å²) >= 11 is 5.96. The quantitative estimate of drug-likeness (QED) is 0.620. The standard InChI is InChI=1S/C12H15ClN2O3/c1-8(16)18-9-4-5-10(14-11(9)13)15-6-12(2,7-15)17-3/h4-5H,6-7H2,1-3H3. The first-order chi connectivity index (χ1) is 8.43. The number of pyridine rings is 1. The monoisotopic (exact) mass is 270 g/mol. The number of rotatable bonds is 3. The van der Waals surface area contributed by atoms with Gasteiger partial charge in [0.1, 0.15) is 5.82 Å². The minimum Gasteiger partial charge on any atom is -0.423 e. The SMILES string of the molecule is COC1(C)CN(c2ccc(OC(C)=O)c(Cl)n2)C1. The fourth-order valence-corrected chi connectivity index (χ4v) is 2.06. The van der Waals surface area contributed by atoms with E-state index in [4.69, 9.17) is 21.1 Å². The smallest absolute Gasteiger partial charge is 0.308 e. The average molecular weight is 271 g/mol. The number of hydrogen-bond acceptors (Lipinski definition) is 5. The Balaban J connectivity index is 2.09. The van der Waals surface area contributed by atoms with Crippen LogP contribution in [0.1, 0.15) is 13.8 Å². The summed E-state index contributed by atoms with van der Waals surface area (Å²) in [5, 5.41) is 0.189. The van der Waals surface area contributed by atoms with Crippen molar-refractivity contribution in [1.82, 2.24) is 4.98 Å². The fraction of sp³-hybridized carbons (Fsp3) is 0.500. The highest BCUT2D eigenvalue weighted by Gasteiger charge is 2.39. The van der Waals surface area contributed by atoms with Crippen molar-refractivity contribution in [3.63, 3.8) is 0 Å². The molecule has 2 heterocycles. The number of nitrogens with zero attached hydrogens (tertiary/aromatic N) is 2. The van der Waals surface area contributed by atoms with Crippen LogP contribution >= 0.6 is 11.6 Å². The Hall–Kier alpha value is -1.33. The number of aromatic nitrogens is 1. The fourth-order valence-electron chi connectivity index (χ4n) is 1.87. The normalized spacial score (nSPS) is 17.2. The minimum atomic E-state index is -0.414. The molecule has 0 unspecified atom stereocenters. The third kappa shape index (κ3) is 2.57. The average Bonchev–Trinajstić information content (AvgIpc) is 2.27. The molecular weight excluding hydrogens is 256 g/mol. The van der Waals surface area contributed by atoms with E-state index in [1.165, 1.54) is 6.92 Å². The van der Waals surface area contributed by atoms with Crippen LogP contribution in [0.25, 0.3) is 0 Å². The summed E-state index contributed by atoms with van der Waals surface area (Å²) in [7, 11) is 1.70. The summed E-state index contributed by atoms with van der Waals surface area (Å²) in [5.74, 6) is 0.621. The van der Waals surface area contributed by atoms with Crippen molar-refractivity contribution in [3.8, 4) is 5.75 Å². The van der Waals surface area contributed by atoms with Gasteiger partial charge < -0.3 is 14.4 Å². The number of halogens is 1. The molecule has 0 atom stereocenters. The molecule has 0 radical (unpaired) electrons. The number of carbonyl (C=O) groups excluding carboxylic acids is 1. The van der Waals surface area contributed by atoms with Crippen LogP contribution in [0.2, 0.25) is 5.15 Å². The summed E-state index contributed by atoms with van der Waals surface area (Å²) in [6.45, 7) is 4.89. The highest BCUT2D eigenvalue weighted by atomic mass is 35.5. The van der Waals surface area contributed by atoms with Gasteiger partial charge in [0.05, 0.1) is 5.60 Å². The van der Waals surface area contributed by atoms with Crippen molar-refractivity contribution >= 4 is 23.4 Å². The number of carbonyl (C=O) groups is 1. The summed E-state index contributed by atoms with van der Waals surface area (Å²) in [6.07, 6.45) is 0. The van der Waals surface area contributed by atoms with Gasteiger partial charge in [-0.05, 0) is 19.1 Å². The molecule has 0 aliphatic carbocycles. The third-order valence-corrected chi connectivity index (χ3v) is 3.19. The van der Waals surface area contributed by atoms with Gasteiger partial charge in [0.15, 0.2) is 10.9 Å². The predicted octanol–water partition coefficient (Wildman–Crippen LogP) is 1.89. The Bertz CT molecular complexity index is 472. The Labute approximate surface area is 111 Å². The van der Waals surface area contributed by atoms with Gasteiger partial charge >= 0.3 is 5.97 Å². The maximum atomic E-state index is 10.8. The molecule has 1 aromatic rings. The molecular formula is C12H15ClN2O3. The molecule has 18 heavy (non-hydrogen) atoms. The predicted molar refractivity (Wildman–Crippen MR) is 68.2 cm³/mol. The van der Waals surface area contributed by atoms with E-state index in [1.54, 1.807) is 19.2 Å². The highest BCUT2D eigenvalue weighted by molar-refractivity contribution is 6.31. The summed E-state index contributed by atoms with van der Waals surface area (Å²) in [5.41, 5.74) is -0.122. The molecule has 0 amide bonds. The van der Waals surface area contributed by atoms with Gasteiger partial charge in [-0.25, -0.2) is 4.98 Å². The van der Waals surface area contributed by atoms with E-state index in [0.29, 0.717) is 0 Å². The second kappa shape index (κ2) is 4.74. The molecule has 6 heteroatoms. The van der Waals surface area contributed by atoms with Crippen LogP contribution in [-0.2, 0) is 9.53 Å². The third-order valence-electron chi connectivity index (χ3n) is 2.92. The second-order valence-corrected chi connectivity index (χ2v) is 4.92. The molecule has 2 rings (SSSR count). The van der Waals surface area contributed by atoms with Gasteiger partial charge in [0, 0.05) is 27.1 Å². The lowest BCUT2D eigenvalue weighted by Crippen LogP contribution is -2.61. The maximum Gasteiger partial charge on any atom is 0.308 e. The van der Waals surface area contributed by atoms with E-state index >= 15 is 0 Å². The Morgan fingerprint density at radius 2 is 2.17 bits per heavy atom. The zero-order valence-electron chi connectivity index (χ0n) is 10.6. The van der Waals surface area contributed by atoms with E-state index in [0.717, 1.165) is 18.9 Å². The van der Waals surface area contributed by atoms with E-state index in [1.807, 2.05) is 11.8 Å². The summed E-state index contributed by atoms with van der Waals surface area (Å²) in [6, 6.07) is 3.42. The van der Waals surface area contributed by atoms with Gasteiger partial charge in [-0.3, -0.25) is 4.79 Å². The number of anilines is 1. The van der Waals surface area contributed by atoms with Gasteiger partial charge in [0.25, 0.3) is 0 Å². The molecule has 5 nitrogen and oxygen atoms in total. The first-order valence-corrected chi connectivity index (χ1v) is 5.96. The van der Waals surface area contributed by atoms with E-state index in [2.05, 4.69) is 4.98 Å². The van der Waals surface area contributed by atoms with E-state index in [9.17, 15) is 4.79 Å². The van der Waals surface area contributed by atoms with Crippen molar-refractivity contribution in [2.45, 2.75) is 19.4 Å². The molecule has 0 saturated carbocycles. The van der Waals surface area contributed by atoms with Gasteiger partial charge in [-0.1, -0.05) is 11.6 Å². The topological polar surface area (TPSA) is 51.7 Å². The molecule has 0 aromatic carbocycles. The Morgan fingerprint density at radius 3 is 2.67 bits per heavy atom. The largest absolute Gasteiger partial charge is 0.423 e. The van der Waals surface area contributed by atoms with Crippen LogP contribution in [0.5, 0.6) is 5.75 Å². The van der Waals surface area contributed by atoms with Crippen molar-refractivity contribution in [2.24, 2.45) is 0 Å². The number of ether oxygens (including phenoxy) is 2. The molecule has 1 fully saturated rings. The molecule has 1 saturated heterocycles. The maximum absolute atomic E-state index is 10.8. The van der Waals surface area contributed by atoms with E-state index < -0.39 is 5.97 Å². The lowest BCUT2D eigenvalue weighted by atomic mass is 9.96. The van der Waals surface area contributed by atoms with Crippen LogP contribution < -0.4 is 9.64 Å². The van der Waals surface area contributed by atoms with Crippen LogP contribution in [0.15, 0.2) is 12.1 Å². The van der Waals surface area contributed by atoms with E-state index in [-0.39, 0.29) is 16.5 Å². The van der Waals surface area contributed by atoms with Crippen molar-refractivity contribution in [1.29, 1.82) is 0 Å². The van der Waals surface area contributed by atoms with Crippen molar-refractivity contribution < 1.29 is 14.3 Å². The molecule has 1 aliphatic heterocycles. The first kappa shape index (κ1) is 13.1. The number of esters is 1. The van der Waals surface area contributed by atoms with Crippen LogP contribution in [0.4, 0.5) is 5.82 Å². The van der Waals surface area contributed by atoms with Crippen LogP contribution in [0.3, 0.4) is 0 Å². The molecule has 1 aliphatic rings. The molecule has 98 valence electrons. The minimum absolute atomic E-state index is 0.122. The van der Waals surface area contributed by atoms with Crippen LogP contribution in [0, 0.1) is 0 Å². The lowest BCUT2D eigenvalue weighted by molar-refractivity contribution is -0.131. The number of methoxy groups -OCH3 is 1. The number of hydrogen-bond donors (Lipinski definition) is 0. The lowest BCUT2D eigenvalue weighted by Gasteiger charge is -2.47. The molecule has 0 spiro atoms. The summed E-state index contributed by atoms with van der Waals surface area (Å²) in [4.78, 5) is 17.1. The van der Waals surface area contributed by atoms with Gasteiger partial charge in [-0.15, -0.1) is 0 Å². The molecule has 0 N–H and O–H groups in total. The Kier molecular flexibility index (Phi) is 3.45. The summed E-state index contributed by atoms with van der Waals surface area (Å²) < 4.78 is 10.3. The second-order valence-electron chi connectivity index (χ2n) is 4.56. The van der Waals surface area contributed by atoms with Crippen molar-refractivity contribution in [2.75, 3.05) is 25.1 Å².